The molecule has 1 aromatic carbocycles. The van der Waals surface area contributed by atoms with Crippen molar-refractivity contribution >= 4 is 34.8 Å². The van der Waals surface area contributed by atoms with Gasteiger partial charge in [0, 0.05) is 9.90 Å². The second-order valence-electron chi connectivity index (χ2n) is 4.16. The lowest BCUT2D eigenvalue weighted by atomic mass is 10.3. The highest BCUT2D eigenvalue weighted by molar-refractivity contribution is 7.13. The SMILES string of the molecule is Cc1ccc(C(=O)NNC(=O)COc2ccc(Cl)cc2)s1. The number of benzene rings is 1. The van der Waals surface area contributed by atoms with E-state index in [2.05, 4.69) is 10.9 Å². The molecule has 0 atom stereocenters. The number of carbonyl (C=O) groups excluding carboxylic acids is 2. The third kappa shape index (κ3) is 4.77. The summed E-state index contributed by atoms with van der Waals surface area (Å²) in [7, 11) is 0. The van der Waals surface area contributed by atoms with Crippen LogP contribution in [0.2, 0.25) is 5.02 Å². The van der Waals surface area contributed by atoms with Crippen LogP contribution in [-0.2, 0) is 4.79 Å². The molecule has 0 saturated heterocycles. The Morgan fingerprint density at radius 3 is 2.48 bits per heavy atom. The number of ether oxygens (including phenoxy) is 1. The van der Waals surface area contributed by atoms with E-state index in [1.165, 1.54) is 11.3 Å². The van der Waals surface area contributed by atoms with Crippen molar-refractivity contribution < 1.29 is 14.3 Å². The molecule has 0 spiro atoms. The van der Waals surface area contributed by atoms with Gasteiger partial charge in [0.2, 0.25) is 0 Å². The maximum Gasteiger partial charge on any atom is 0.279 e. The van der Waals surface area contributed by atoms with E-state index >= 15 is 0 Å². The summed E-state index contributed by atoms with van der Waals surface area (Å²) in [6.07, 6.45) is 0. The van der Waals surface area contributed by atoms with E-state index in [-0.39, 0.29) is 12.5 Å². The van der Waals surface area contributed by atoms with Gasteiger partial charge >= 0.3 is 0 Å². The molecule has 0 radical (unpaired) electrons. The molecule has 110 valence electrons. The lowest BCUT2D eigenvalue weighted by molar-refractivity contribution is -0.123. The van der Waals surface area contributed by atoms with Gasteiger partial charge in [0.1, 0.15) is 5.75 Å². The Labute approximate surface area is 130 Å². The zero-order valence-electron chi connectivity index (χ0n) is 11.2. The van der Waals surface area contributed by atoms with Gasteiger partial charge in [-0.3, -0.25) is 20.4 Å². The maximum absolute atomic E-state index is 11.7. The van der Waals surface area contributed by atoms with Gasteiger partial charge in [-0.2, -0.15) is 0 Å². The van der Waals surface area contributed by atoms with Gasteiger partial charge in [-0.25, -0.2) is 0 Å². The first kappa shape index (κ1) is 15.3. The van der Waals surface area contributed by atoms with Crippen molar-refractivity contribution in [1.82, 2.24) is 10.9 Å². The molecular weight excluding hydrogens is 312 g/mol. The first-order valence-corrected chi connectivity index (χ1v) is 7.28. The van der Waals surface area contributed by atoms with Crippen molar-refractivity contribution in [1.29, 1.82) is 0 Å². The molecule has 0 saturated carbocycles. The van der Waals surface area contributed by atoms with Crippen molar-refractivity contribution in [3.05, 3.63) is 51.2 Å². The topological polar surface area (TPSA) is 67.4 Å². The van der Waals surface area contributed by atoms with Gasteiger partial charge in [0.15, 0.2) is 6.61 Å². The van der Waals surface area contributed by atoms with Crippen molar-refractivity contribution in [2.75, 3.05) is 6.61 Å². The van der Waals surface area contributed by atoms with E-state index in [0.29, 0.717) is 15.6 Å². The Hall–Kier alpha value is -2.05. The Kier molecular flexibility index (Phi) is 5.19. The molecule has 0 unspecified atom stereocenters. The summed E-state index contributed by atoms with van der Waals surface area (Å²) in [4.78, 5) is 24.8. The second kappa shape index (κ2) is 7.10. The normalized spacial score (nSPS) is 10.0. The van der Waals surface area contributed by atoms with Crippen LogP contribution >= 0.6 is 22.9 Å². The number of hydrazine groups is 1. The highest BCUT2D eigenvalue weighted by Crippen LogP contribution is 2.15. The summed E-state index contributed by atoms with van der Waals surface area (Å²) < 4.78 is 5.25. The minimum atomic E-state index is -0.452. The second-order valence-corrected chi connectivity index (χ2v) is 5.88. The average molecular weight is 325 g/mol. The van der Waals surface area contributed by atoms with E-state index in [9.17, 15) is 9.59 Å². The van der Waals surface area contributed by atoms with Crippen LogP contribution in [-0.4, -0.2) is 18.4 Å². The molecule has 2 N–H and O–H groups in total. The zero-order valence-corrected chi connectivity index (χ0v) is 12.8. The van der Waals surface area contributed by atoms with E-state index in [4.69, 9.17) is 16.3 Å². The fourth-order valence-electron chi connectivity index (χ4n) is 1.46. The lowest BCUT2D eigenvalue weighted by Gasteiger charge is -2.08. The van der Waals surface area contributed by atoms with Crippen molar-refractivity contribution in [2.45, 2.75) is 6.92 Å². The predicted molar refractivity (Wildman–Crippen MR) is 81.6 cm³/mol. The first-order valence-electron chi connectivity index (χ1n) is 6.08. The number of carbonyl (C=O) groups is 2. The minimum Gasteiger partial charge on any atom is -0.484 e. The van der Waals surface area contributed by atoms with Gasteiger partial charge < -0.3 is 4.74 Å². The largest absolute Gasteiger partial charge is 0.484 e. The summed E-state index contributed by atoms with van der Waals surface area (Å²) in [5.41, 5.74) is 4.62. The van der Waals surface area contributed by atoms with Crippen LogP contribution in [0.3, 0.4) is 0 Å². The summed E-state index contributed by atoms with van der Waals surface area (Å²) in [6.45, 7) is 1.70. The quantitative estimate of drug-likeness (QED) is 0.849. The molecule has 21 heavy (non-hydrogen) atoms. The highest BCUT2D eigenvalue weighted by Gasteiger charge is 2.09. The van der Waals surface area contributed by atoms with Crippen LogP contribution in [0.1, 0.15) is 14.5 Å². The van der Waals surface area contributed by atoms with Crippen LogP contribution in [0.25, 0.3) is 0 Å². The lowest BCUT2D eigenvalue weighted by Crippen LogP contribution is -2.43. The Morgan fingerprint density at radius 2 is 1.86 bits per heavy atom. The van der Waals surface area contributed by atoms with Crippen molar-refractivity contribution in [2.24, 2.45) is 0 Å². The zero-order chi connectivity index (χ0) is 15.2. The Morgan fingerprint density at radius 1 is 1.14 bits per heavy atom. The predicted octanol–water partition coefficient (Wildman–Crippen LogP) is 2.55. The molecular formula is C14H13ClN2O3S. The first-order chi connectivity index (χ1) is 10.0. The molecule has 2 amide bonds. The summed E-state index contributed by atoms with van der Waals surface area (Å²) in [5, 5.41) is 0.588. The number of thiophene rings is 1. The number of nitrogens with one attached hydrogen (secondary N) is 2. The number of halogens is 1. The van der Waals surface area contributed by atoms with Crippen LogP contribution in [0.15, 0.2) is 36.4 Å². The number of hydrogen-bond donors (Lipinski definition) is 2. The van der Waals surface area contributed by atoms with Gasteiger partial charge in [-0.1, -0.05) is 11.6 Å². The molecule has 0 bridgehead atoms. The van der Waals surface area contributed by atoms with Crippen LogP contribution in [0, 0.1) is 6.92 Å². The third-order valence-corrected chi connectivity index (χ3v) is 3.71. The van der Waals surface area contributed by atoms with Gasteiger partial charge in [0.25, 0.3) is 11.8 Å². The Balaban J connectivity index is 1.74. The summed E-state index contributed by atoms with van der Waals surface area (Å²) >= 11 is 7.09. The van der Waals surface area contributed by atoms with Gasteiger partial charge in [0.05, 0.1) is 4.88 Å². The molecule has 1 aromatic heterocycles. The van der Waals surface area contributed by atoms with Crippen LogP contribution in [0.4, 0.5) is 0 Å². The number of rotatable bonds is 4. The summed E-state index contributed by atoms with van der Waals surface area (Å²) in [6, 6.07) is 10.2. The molecule has 2 rings (SSSR count). The molecule has 1 heterocycles. The molecule has 0 fully saturated rings. The van der Waals surface area contributed by atoms with Gasteiger partial charge in [-0.05, 0) is 43.3 Å². The molecule has 0 aliphatic heterocycles. The third-order valence-electron chi connectivity index (χ3n) is 2.46. The molecule has 7 heteroatoms. The molecule has 5 nitrogen and oxygen atoms in total. The smallest absolute Gasteiger partial charge is 0.279 e. The minimum absolute atomic E-state index is 0.203. The summed E-state index contributed by atoms with van der Waals surface area (Å²) in [5.74, 6) is -0.283. The standard InChI is InChI=1S/C14H13ClN2O3S/c1-9-2-7-12(21-9)14(19)17-16-13(18)8-20-11-5-3-10(15)4-6-11/h2-7H,8H2,1H3,(H,16,18)(H,17,19). The van der Waals surface area contributed by atoms with Crippen LogP contribution < -0.4 is 15.6 Å². The maximum atomic E-state index is 11.7. The van der Waals surface area contributed by atoms with E-state index < -0.39 is 5.91 Å². The van der Waals surface area contributed by atoms with E-state index in [1.807, 2.05) is 13.0 Å². The fraction of sp³-hybridized carbons (Fsp3) is 0.143. The average Bonchev–Trinajstić information content (AvgIpc) is 2.91. The number of hydrogen-bond acceptors (Lipinski definition) is 4. The van der Waals surface area contributed by atoms with Crippen molar-refractivity contribution in [3.63, 3.8) is 0 Å². The molecule has 0 aliphatic rings. The van der Waals surface area contributed by atoms with E-state index in [0.717, 1.165) is 4.88 Å². The number of aryl methyl sites for hydroxylation is 1. The fourth-order valence-corrected chi connectivity index (χ4v) is 2.35. The van der Waals surface area contributed by atoms with Crippen molar-refractivity contribution in [3.8, 4) is 5.75 Å². The number of amides is 2. The monoisotopic (exact) mass is 324 g/mol. The highest BCUT2D eigenvalue weighted by atomic mass is 35.5. The van der Waals surface area contributed by atoms with Gasteiger partial charge in [-0.15, -0.1) is 11.3 Å². The Bertz CT molecular complexity index is 640. The molecule has 2 aromatic rings. The van der Waals surface area contributed by atoms with E-state index in [1.54, 1.807) is 30.3 Å². The van der Waals surface area contributed by atoms with Crippen LogP contribution in [0.5, 0.6) is 5.75 Å². The molecule has 0 aliphatic carbocycles.